The molecule has 92 valence electrons. The molecule has 0 saturated heterocycles. The fourth-order valence-corrected chi connectivity index (χ4v) is 1.91. The maximum Gasteiger partial charge on any atom is 0.261 e. The summed E-state index contributed by atoms with van der Waals surface area (Å²) in [6.07, 6.45) is 3.88. The number of hydrogen-bond donors (Lipinski definition) is 0. The summed E-state index contributed by atoms with van der Waals surface area (Å²) in [4.78, 5) is 12.0. The van der Waals surface area contributed by atoms with Crippen molar-refractivity contribution in [2.75, 3.05) is 0 Å². The number of nitrogens with zero attached hydrogens (tertiary/aromatic N) is 2. The molecule has 0 aromatic carbocycles. The number of ketones is 1. The lowest BCUT2D eigenvalue weighted by atomic mass is 10.3. The van der Waals surface area contributed by atoms with Crippen LogP contribution in [0.25, 0.3) is 0 Å². The number of rotatable bonds is 4. The van der Waals surface area contributed by atoms with E-state index in [2.05, 4.69) is 0 Å². The lowest BCUT2D eigenvalue weighted by molar-refractivity contribution is -0.708. The van der Waals surface area contributed by atoms with E-state index in [4.69, 9.17) is 0 Å². The van der Waals surface area contributed by atoms with Gasteiger partial charge in [0, 0.05) is 38.1 Å². The van der Waals surface area contributed by atoms with Gasteiger partial charge in [-0.2, -0.15) is 9.13 Å². The van der Waals surface area contributed by atoms with Crippen LogP contribution in [0.4, 0.5) is 0 Å². The fourth-order valence-electron chi connectivity index (χ4n) is 1.91. The highest BCUT2D eigenvalue weighted by Gasteiger charge is 2.17. The second-order valence-electron chi connectivity index (χ2n) is 4.48. The minimum Gasteiger partial charge on any atom is -0.285 e. The molecule has 3 nitrogen and oxygen atoms in total. The minimum atomic E-state index is 0.202. The van der Waals surface area contributed by atoms with Crippen molar-refractivity contribution < 1.29 is 13.9 Å². The van der Waals surface area contributed by atoms with Crippen LogP contribution in [0.5, 0.6) is 0 Å². The molecule has 0 aliphatic heterocycles. The molecule has 3 heteroatoms. The molecular weight excluding hydrogens is 224 g/mol. The van der Waals surface area contributed by atoms with E-state index in [-0.39, 0.29) is 5.78 Å². The molecular formula is C15H18N2O+2. The topological polar surface area (TPSA) is 24.8 Å². The van der Waals surface area contributed by atoms with Gasteiger partial charge in [-0.15, -0.1) is 0 Å². The third kappa shape index (κ3) is 3.00. The maximum atomic E-state index is 12.0. The van der Waals surface area contributed by atoms with E-state index in [1.54, 1.807) is 0 Å². The zero-order valence-corrected chi connectivity index (χ0v) is 10.8. The Bertz CT molecular complexity index is 514. The quantitative estimate of drug-likeness (QED) is 0.738. The van der Waals surface area contributed by atoms with Gasteiger partial charge in [-0.25, -0.2) is 0 Å². The third-order valence-corrected chi connectivity index (χ3v) is 3.03. The lowest BCUT2D eigenvalue weighted by Crippen LogP contribution is -2.47. The number of carbonyl (C=O) groups excluding carboxylic acids is 1. The van der Waals surface area contributed by atoms with Crippen LogP contribution in [-0.4, -0.2) is 5.78 Å². The Morgan fingerprint density at radius 2 is 1.33 bits per heavy atom. The van der Waals surface area contributed by atoms with Gasteiger partial charge in [0.1, 0.15) is 0 Å². The SMILES string of the molecule is Cc1cccc[n+]1CC(=O)C[n+]1ccccc1C. The number of aryl methyl sites for hydroxylation is 2. The standard InChI is InChI=1S/C15H18N2O/c1-13-7-3-5-9-16(13)11-15(18)12-17-10-6-4-8-14(17)2/h3-10H,11-12H2,1-2H3/q+2. The molecule has 0 amide bonds. The molecule has 2 aromatic rings. The highest BCUT2D eigenvalue weighted by atomic mass is 16.1. The Kier molecular flexibility index (Phi) is 3.82. The number of pyridine rings is 2. The molecule has 18 heavy (non-hydrogen) atoms. The molecule has 0 N–H and O–H groups in total. The van der Waals surface area contributed by atoms with E-state index in [1.165, 1.54) is 0 Å². The Morgan fingerprint density at radius 1 is 0.889 bits per heavy atom. The maximum absolute atomic E-state index is 12.0. The molecule has 0 unspecified atom stereocenters. The van der Waals surface area contributed by atoms with Crippen LogP contribution in [-0.2, 0) is 17.9 Å². The van der Waals surface area contributed by atoms with Crippen molar-refractivity contribution in [1.82, 2.24) is 0 Å². The van der Waals surface area contributed by atoms with Crippen molar-refractivity contribution in [3.8, 4) is 0 Å². The van der Waals surface area contributed by atoms with Gasteiger partial charge in [-0.3, -0.25) is 4.79 Å². The molecule has 0 aliphatic rings. The van der Waals surface area contributed by atoms with Gasteiger partial charge in [0.05, 0.1) is 0 Å². The molecule has 2 heterocycles. The fraction of sp³-hybridized carbons (Fsp3) is 0.267. The Morgan fingerprint density at radius 3 is 1.72 bits per heavy atom. The molecule has 0 bridgehead atoms. The monoisotopic (exact) mass is 242 g/mol. The van der Waals surface area contributed by atoms with E-state index >= 15 is 0 Å². The molecule has 2 aromatic heterocycles. The van der Waals surface area contributed by atoms with Crippen molar-refractivity contribution >= 4 is 5.78 Å². The summed E-state index contributed by atoms with van der Waals surface area (Å²) in [6.45, 7) is 4.87. The van der Waals surface area contributed by atoms with Gasteiger partial charge in [0.25, 0.3) is 5.78 Å². The number of carbonyl (C=O) groups is 1. The summed E-state index contributed by atoms with van der Waals surface area (Å²) in [5.74, 6) is 0.202. The zero-order valence-electron chi connectivity index (χ0n) is 10.8. The van der Waals surface area contributed by atoms with E-state index < -0.39 is 0 Å². The van der Waals surface area contributed by atoms with Crippen molar-refractivity contribution in [3.05, 3.63) is 60.2 Å². The Hall–Kier alpha value is -2.03. The van der Waals surface area contributed by atoms with Crippen molar-refractivity contribution in [2.45, 2.75) is 26.9 Å². The highest BCUT2D eigenvalue weighted by molar-refractivity contribution is 5.75. The Labute approximate surface area is 107 Å². The van der Waals surface area contributed by atoms with Gasteiger partial charge in [-0.1, -0.05) is 12.1 Å². The summed E-state index contributed by atoms with van der Waals surface area (Å²) in [7, 11) is 0. The summed E-state index contributed by atoms with van der Waals surface area (Å²) in [5, 5.41) is 0. The summed E-state index contributed by atoms with van der Waals surface area (Å²) < 4.78 is 3.95. The molecule has 0 aliphatic carbocycles. The van der Waals surface area contributed by atoms with Crippen molar-refractivity contribution in [2.24, 2.45) is 0 Å². The van der Waals surface area contributed by atoms with Crippen LogP contribution in [0.3, 0.4) is 0 Å². The van der Waals surface area contributed by atoms with Crippen LogP contribution < -0.4 is 9.13 Å². The second-order valence-corrected chi connectivity index (χ2v) is 4.48. The van der Waals surface area contributed by atoms with Gasteiger partial charge in [0.15, 0.2) is 23.8 Å². The zero-order chi connectivity index (χ0) is 13.0. The minimum absolute atomic E-state index is 0.202. The first-order valence-electron chi connectivity index (χ1n) is 6.08. The van der Waals surface area contributed by atoms with Crippen molar-refractivity contribution in [1.29, 1.82) is 0 Å². The summed E-state index contributed by atoms with van der Waals surface area (Å²) in [6, 6.07) is 11.9. The smallest absolute Gasteiger partial charge is 0.261 e. The molecule has 0 spiro atoms. The van der Waals surface area contributed by atoms with Crippen LogP contribution in [0.1, 0.15) is 11.4 Å². The predicted octanol–water partition coefficient (Wildman–Crippen LogP) is 1.15. The highest BCUT2D eigenvalue weighted by Crippen LogP contribution is 1.90. The molecule has 0 radical (unpaired) electrons. The molecule has 0 saturated carbocycles. The van der Waals surface area contributed by atoms with Crippen LogP contribution in [0, 0.1) is 13.8 Å². The first kappa shape index (κ1) is 12.4. The Balaban J connectivity index is 2.06. The van der Waals surface area contributed by atoms with E-state index in [0.29, 0.717) is 13.1 Å². The molecule has 0 atom stereocenters. The average molecular weight is 242 g/mol. The number of hydrogen-bond acceptors (Lipinski definition) is 1. The van der Waals surface area contributed by atoms with E-state index in [1.807, 2.05) is 71.8 Å². The third-order valence-electron chi connectivity index (χ3n) is 3.03. The van der Waals surface area contributed by atoms with Crippen LogP contribution in [0.2, 0.25) is 0 Å². The van der Waals surface area contributed by atoms with Gasteiger partial charge < -0.3 is 0 Å². The van der Waals surface area contributed by atoms with E-state index in [9.17, 15) is 4.79 Å². The second kappa shape index (κ2) is 5.54. The average Bonchev–Trinajstić information content (AvgIpc) is 2.35. The van der Waals surface area contributed by atoms with Crippen LogP contribution >= 0.6 is 0 Å². The summed E-state index contributed by atoms with van der Waals surface area (Å²) >= 11 is 0. The van der Waals surface area contributed by atoms with Crippen molar-refractivity contribution in [3.63, 3.8) is 0 Å². The van der Waals surface area contributed by atoms with Crippen LogP contribution in [0.15, 0.2) is 48.8 Å². The number of aromatic nitrogens is 2. The summed E-state index contributed by atoms with van der Waals surface area (Å²) in [5.41, 5.74) is 2.20. The van der Waals surface area contributed by atoms with E-state index in [0.717, 1.165) is 11.4 Å². The van der Waals surface area contributed by atoms with Gasteiger partial charge in [-0.05, 0) is 0 Å². The first-order valence-corrected chi connectivity index (χ1v) is 6.08. The van der Waals surface area contributed by atoms with Gasteiger partial charge in [0.2, 0.25) is 13.1 Å². The lowest BCUT2D eigenvalue weighted by Gasteiger charge is -2.00. The molecule has 0 fully saturated rings. The molecule has 2 rings (SSSR count). The van der Waals surface area contributed by atoms with Gasteiger partial charge >= 0.3 is 0 Å². The normalized spacial score (nSPS) is 10.3. The predicted molar refractivity (Wildman–Crippen MR) is 67.8 cm³/mol. The largest absolute Gasteiger partial charge is 0.285 e. The first-order chi connectivity index (χ1) is 8.66. The number of Topliss-reactive ketones (excluding diaryl/α,β-unsaturated/α-hetero) is 1.